The number of quaternary nitrogens is 1. The van der Waals surface area contributed by atoms with Crippen molar-refractivity contribution in [2.45, 2.75) is 12.8 Å². The molecule has 2 aromatic rings. The molecule has 3 rings (SSSR count). The molecule has 0 aliphatic carbocycles. The van der Waals surface area contributed by atoms with Crippen molar-refractivity contribution in [2.75, 3.05) is 25.0 Å². The first kappa shape index (κ1) is 19.0. The topological polar surface area (TPSA) is 42.8 Å². The van der Waals surface area contributed by atoms with Gasteiger partial charge in [0, 0.05) is 12.1 Å². The number of halogens is 3. The molecule has 1 aliphatic rings. The summed E-state index contributed by atoms with van der Waals surface area (Å²) in [6, 6.07) is 15.3. The van der Waals surface area contributed by atoms with E-state index in [1.807, 2.05) is 18.2 Å². The first-order chi connectivity index (χ1) is 12.9. The zero-order valence-corrected chi connectivity index (χ0v) is 14.6. The Hall–Kier alpha value is -2.80. The molecule has 0 spiro atoms. The molecular formula is C20H20F3N2O2+. The smallest absolute Gasteiger partial charge is 0.406 e. The van der Waals surface area contributed by atoms with Crippen LogP contribution in [0.5, 0.6) is 5.75 Å². The third-order valence-corrected chi connectivity index (χ3v) is 4.31. The molecule has 4 nitrogen and oxygen atoms in total. The van der Waals surface area contributed by atoms with Gasteiger partial charge in [0.1, 0.15) is 5.75 Å². The number of nitrogens with one attached hydrogen (secondary N) is 2. The zero-order valence-electron chi connectivity index (χ0n) is 14.6. The second-order valence-electron chi connectivity index (χ2n) is 6.35. The first-order valence-electron chi connectivity index (χ1n) is 8.63. The molecule has 2 N–H and O–H groups in total. The molecule has 0 bridgehead atoms. The van der Waals surface area contributed by atoms with Crippen LogP contribution in [0, 0.1) is 0 Å². The van der Waals surface area contributed by atoms with Gasteiger partial charge < -0.3 is 15.0 Å². The van der Waals surface area contributed by atoms with E-state index in [1.165, 1.54) is 35.4 Å². The normalized spacial score (nSPS) is 17.1. The lowest BCUT2D eigenvalue weighted by Crippen LogP contribution is -3.13. The molecule has 0 aromatic heterocycles. The van der Waals surface area contributed by atoms with E-state index < -0.39 is 6.36 Å². The highest BCUT2D eigenvalue weighted by atomic mass is 19.4. The van der Waals surface area contributed by atoms with E-state index in [2.05, 4.69) is 28.3 Å². The van der Waals surface area contributed by atoms with Crippen LogP contribution in [0.1, 0.15) is 12.0 Å². The number of rotatable bonds is 5. The van der Waals surface area contributed by atoms with Crippen molar-refractivity contribution in [3.8, 4) is 5.75 Å². The van der Waals surface area contributed by atoms with Crippen LogP contribution in [0.25, 0.3) is 5.57 Å². The molecule has 1 amide bonds. The maximum atomic E-state index is 12.2. The largest absolute Gasteiger partial charge is 0.573 e. The molecule has 1 aliphatic heterocycles. The number of amides is 1. The van der Waals surface area contributed by atoms with Crippen LogP contribution in [0.15, 0.2) is 60.7 Å². The fourth-order valence-corrected chi connectivity index (χ4v) is 3.03. The van der Waals surface area contributed by atoms with Crippen molar-refractivity contribution in [2.24, 2.45) is 0 Å². The van der Waals surface area contributed by atoms with E-state index in [-0.39, 0.29) is 11.7 Å². The van der Waals surface area contributed by atoms with Gasteiger partial charge in [-0.3, -0.25) is 4.79 Å². The number of benzene rings is 2. The summed E-state index contributed by atoms with van der Waals surface area (Å²) in [5.74, 6) is -0.494. The SMILES string of the molecule is O=C(C[NH+]1CC=C(c2ccccc2)CC1)Nc1ccc(OC(F)(F)F)cc1. The predicted octanol–water partition coefficient (Wildman–Crippen LogP) is 2.90. The minimum atomic E-state index is -4.73. The third-order valence-electron chi connectivity index (χ3n) is 4.31. The second kappa shape index (κ2) is 8.26. The van der Waals surface area contributed by atoms with Crippen LogP contribution in [-0.2, 0) is 4.79 Å². The first-order valence-corrected chi connectivity index (χ1v) is 8.63. The average Bonchev–Trinajstić information content (AvgIpc) is 2.63. The van der Waals surface area contributed by atoms with Crippen molar-refractivity contribution in [1.29, 1.82) is 0 Å². The number of anilines is 1. The van der Waals surface area contributed by atoms with Crippen LogP contribution in [0.3, 0.4) is 0 Å². The van der Waals surface area contributed by atoms with Crippen molar-refractivity contribution in [3.05, 3.63) is 66.2 Å². The number of ether oxygens (including phenoxy) is 1. The molecule has 0 fully saturated rings. The summed E-state index contributed by atoms with van der Waals surface area (Å²) in [6.45, 7) is 1.92. The number of alkyl halides is 3. The third kappa shape index (κ3) is 5.86. The summed E-state index contributed by atoms with van der Waals surface area (Å²) >= 11 is 0. The monoisotopic (exact) mass is 377 g/mol. The van der Waals surface area contributed by atoms with Gasteiger partial charge in [0.05, 0.1) is 13.1 Å². The van der Waals surface area contributed by atoms with Crippen LogP contribution in [-0.4, -0.2) is 31.9 Å². The summed E-state index contributed by atoms with van der Waals surface area (Å²) in [6.07, 6.45) is -1.67. The molecule has 1 heterocycles. The van der Waals surface area contributed by atoms with Gasteiger partial charge in [-0.25, -0.2) is 0 Å². The molecular weight excluding hydrogens is 357 g/mol. The molecule has 0 saturated heterocycles. The highest BCUT2D eigenvalue weighted by molar-refractivity contribution is 5.91. The quantitative estimate of drug-likeness (QED) is 0.842. The lowest BCUT2D eigenvalue weighted by molar-refractivity contribution is -0.886. The fraction of sp³-hybridized carbons (Fsp3) is 0.250. The fourth-order valence-electron chi connectivity index (χ4n) is 3.03. The number of hydrogen-bond acceptors (Lipinski definition) is 2. The van der Waals surface area contributed by atoms with Gasteiger partial charge in [-0.05, 0) is 41.5 Å². The Kier molecular flexibility index (Phi) is 5.81. The average molecular weight is 377 g/mol. The van der Waals surface area contributed by atoms with Crippen LogP contribution < -0.4 is 15.0 Å². The van der Waals surface area contributed by atoms with E-state index in [0.29, 0.717) is 12.2 Å². The summed E-state index contributed by atoms with van der Waals surface area (Å²) in [5.41, 5.74) is 2.94. The van der Waals surface area contributed by atoms with E-state index in [0.717, 1.165) is 24.4 Å². The highest BCUT2D eigenvalue weighted by Crippen LogP contribution is 2.24. The van der Waals surface area contributed by atoms with Gasteiger partial charge in [-0.1, -0.05) is 30.3 Å². The number of hydrogen-bond donors (Lipinski definition) is 2. The van der Waals surface area contributed by atoms with Gasteiger partial charge in [-0.15, -0.1) is 13.2 Å². The molecule has 2 aromatic carbocycles. The van der Waals surface area contributed by atoms with Gasteiger partial charge in [-0.2, -0.15) is 0 Å². The van der Waals surface area contributed by atoms with Crippen molar-refractivity contribution >= 4 is 17.2 Å². The maximum absolute atomic E-state index is 12.2. The van der Waals surface area contributed by atoms with Gasteiger partial charge in [0.2, 0.25) is 0 Å². The Balaban J connectivity index is 1.49. The van der Waals surface area contributed by atoms with Crippen LogP contribution in [0.2, 0.25) is 0 Å². The molecule has 1 atom stereocenters. The summed E-state index contributed by atoms with van der Waals surface area (Å²) in [5, 5.41) is 2.70. The summed E-state index contributed by atoms with van der Waals surface area (Å²) in [4.78, 5) is 13.3. The van der Waals surface area contributed by atoms with Crippen molar-refractivity contribution in [3.63, 3.8) is 0 Å². The van der Waals surface area contributed by atoms with Gasteiger partial charge in [0.15, 0.2) is 6.54 Å². The number of carbonyl (C=O) groups excluding carboxylic acids is 1. The standard InChI is InChI=1S/C20H19F3N2O2/c21-20(22,23)27-18-8-6-17(7-9-18)24-19(26)14-25-12-10-16(11-13-25)15-4-2-1-3-5-15/h1-10H,11-14H2,(H,24,26)/p+1. The van der Waals surface area contributed by atoms with E-state index in [9.17, 15) is 18.0 Å². The van der Waals surface area contributed by atoms with Gasteiger partial charge in [0.25, 0.3) is 5.91 Å². The molecule has 7 heteroatoms. The Morgan fingerprint density at radius 2 is 1.78 bits per heavy atom. The summed E-state index contributed by atoms with van der Waals surface area (Å²) < 4.78 is 40.3. The molecule has 0 radical (unpaired) electrons. The van der Waals surface area contributed by atoms with E-state index >= 15 is 0 Å². The number of carbonyl (C=O) groups is 1. The Labute approximate surface area is 155 Å². The zero-order chi connectivity index (χ0) is 19.3. The minimum Gasteiger partial charge on any atom is -0.406 e. The summed E-state index contributed by atoms with van der Waals surface area (Å²) in [7, 11) is 0. The van der Waals surface area contributed by atoms with Crippen LogP contribution in [0.4, 0.5) is 18.9 Å². The lowest BCUT2D eigenvalue weighted by Gasteiger charge is -2.23. The van der Waals surface area contributed by atoms with Crippen LogP contribution >= 0.6 is 0 Å². The predicted molar refractivity (Wildman–Crippen MR) is 96.4 cm³/mol. The minimum absolute atomic E-state index is 0.175. The Bertz CT molecular complexity index is 802. The lowest BCUT2D eigenvalue weighted by atomic mass is 10.00. The Morgan fingerprint density at radius 3 is 2.37 bits per heavy atom. The van der Waals surface area contributed by atoms with E-state index in [4.69, 9.17) is 0 Å². The van der Waals surface area contributed by atoms with E-state index in [1.54, 1.807) is 0 Å². The molecule has 142 valence electrons. The highest BCUT2D eigenvalue weighted by Gasteiger charge is 2.31. The molecule has 1 unspecified atom stereocenters. The van der Waals surface area contributed by atoms with Gasteiger partial charge >= 0.3 is 6.36 Å². The second-order valence-corrected chi connectivity index (χ2v) is 6.35. The molecule has 0 saturated carbocycles. The molecule has 27 heavy (non-hydrogen) atoms. The maximum Gasteiger partial charge on any atom is 0.573 e. The van der Waals surface area contributed by atoms with Crippen molar-refractivity contribution in [1.82, 2.24) is 0 Å². The van der Waals surface area contributed by atoms with Crippen molar-refractivity contribution < 1.29 is 27.6 Å². The Morgan fingerprint density at radius 1 is 1.07 bits per heavy atom.